The van der Waals surface area contributed by atoms with Crippen molar-refractivity contribution in [1.82, 2.24) is 10.6 Å². The zero-order valence-electron chi connectivity index (χ0n) is 12.9. The van der Waals surface area contributed by atoms with E-state index in [0.29, 0.717) is 18.7 Å². The van der Waals surface area contributed by atoms with Gasteiger partial charge in [-0.3, -0.25) is 9.59 Å². The van der Waals surface area contributed by atoms with Crippen LogP contribution in [0.5, 0.6) is 0 Å². The molecule has 0 unspecified atom stereocenters. The van der Waals surface area contributed by atoms with Crippen LogP contribution in [0, 0.1) is 0 Å². The number of carbonyl (C=O) groups excluding carboxylic acids is 2. The zero-order valence-corrected chi connectivity index (χ0v) is 13.7. The Labute approximate surface area is 128 Å². The number of hydrogen-bond acceptors (Lipinski definition) is 3. The highest BCUT2D eigenvalue weighted by atomic mass is 35.5. The van der Waals surface area contributed by atoms with Crippen LogP contribution in [0.15, 0.2) is 24.8 Å². The van der Waals surface area contributed by atoms with Crippen molar-refractivity contribution in [2.24, 2.45) is 5.73 Å². The molecular formula is C14H28ClN3O2. The molecule has 0 saturated heterocycles. The van der Waals surface area contributed by atoms with Crippen molar-refractivity contribution < 1.29 is 9.59 Å². The molecule has 0 fully saturated rings. The fraction of sp³-hybridized carbons (Fsp3) is 0.571. The molecule has 20 heavy (non-hydrogen) atoms. The summed E-state index contributed by atoms with van der Waals surface area (Å²) in [5, 5.41) is 5.38. The van der Waals surface area contributed by atoms with Crippen LogP contribution in [-0.2, 0) is 9.59 Å². The van der Waals surface area contributed by atoms with Crippen LogP contribution in [-0.4, -0.2) is 30.4 Å². The molecule has 118 valence electrons. The highest BCUT2D eigenvalue weighted by molar-refractivity contribution is 5.92. The molecule has 0 saturated carbocycles. The number of hydrogen-bond donors (Lipinski definition) is 3. The fourth-order valence-electron chi connectivity index (χ4n) is 0.876. The minimum absolute atomic E-state index is 0. The highest BCUT2D eigenvalue weighted by Gasteiger charge is 2.10. The minimum Gasteiger partial charge on any atom is -0.352 e. The van der Waals surface area contributed by atoms with Gasteiger partial charge in [-0.2, -0.15) is 0 Å². The third kappa shape index (κ3) is 19.0. The van der Waals surface area contributed by atoms with Gasteiger partial charge in [0.2, 0.25) is 11.8 Å². The van der Waals surface area contributed by atoms with E-state index in [1.54, 1.807) is 6.92 Å². The summed E-state index contributed by atoms with van der Waals surface area (Å²) in [5.74, 6) is -0.212. The largest absolute Gasteiger partial charge is 0.352 e. The quantitative estimate of drug-likeness (QED) is 0.532. The molecule has 0 aromatic rings. The Bertz CT molecular complexity index is 323. The standard InChI is InChI=1S/C7H14N2O.C7H13NO.ClH/c1-6(2)7(10)9-5-3-4-8;1-5-6(9)8-7(2,3)4;/h1,3-5,8H2,2H3,(H,9,10);5H,1H2,2-4H3,(H,8,9);1H. The maximum Gasteiger partial charge on any atom is 0.246 e. The second-order valence-corrected chi connectivity index (χ2v) is 5.12. The normalized spacial score (nSPS) is 9.25. The first kappa shape index (κ1) is 23.7. The molecule has 0 atom stereocenters. The van der Waals surface area contributed by atoms with Gasteiger partial charge in [0, 0.05) is 17.7 Å². The average Bonchev–Trinajstić information content (AvgIpc) is 2.27. The number of halogens is 1. The summed E-state index contributed by atoms with van der Waals surface area (Å²) in [6.45, 7) is 15.5. The fourth-order valence-corrected chi connectivity index (χ4v) is 0.876. The number of nitrogens with two attached hydrogens (primary N) is 1. The molecule has 0 spiro atoms. The van der Waals surface area contributed by atoms with E-state index in [1.165, 1.54) is 6.08 Å². The topological polar surface area (TPSA) is 84.2 Å². The Kier molecular flexibility index (Phi) is 15.1. The van der Waals surface area contributed by atoms with Crippen LogP contribution in [0.2, 0.25) is 0 Å². The van der Waals surface area contributed by atoms with E-state index in [0.717, 1.165) is 6.42 Å². The van der Waals surface area contributed by atoms with Gasteiger partial charge in [-0.05, 0) is 46.7 Å². The molecule has 6 heteroatoms. The lowest BCUT2D eigenvalue weighted by Crippen LogP contribution is -2.39. The summed E-state index contributed by atoms with van der Waals surface area (Å²) in [5.41, 5.74) is 5.61. The Morgan fingerprint density at radius 1 is 1.30 bits per heavy atom. The molecule has 5 nitrogen and oxygen atoms in total. The Balaban J connectivity index is -0.000000277. The Hall–Kier alpha value is -1.33. The van der Waals surface area contributed by atoms with Crippen LogP contribution in [0.4, 0.5) is 0 Å². The number of rotatable bonds is 5. The van der Waals surface area contributed by atoms with E-state index in [4.69, 9.17) is 5.73 Å². The summed E-state index contributed by atoms with van der Waals surface area (Å²) in [6, 6.07) is 0. The first-order chi connectivity index (χ1) is 8.64. The van der Waals surface area contributed by atoms with Crippen LogP contribution in [0.25, 0.3) is 0 Å². The molecule has 0 aliphatic rings. The first-order valence-corrected chi connectivity index (χ1v) is 6.22. The van der Waals surface area contributed by atoms with E-state index >= 15 is 0 Å². The molecule has 0 bridgehead atoms. The first-order valence-electron chi connectivity index (χ1n) is 6.22. The van der Waals surface area contributed by atoms with E-state index in [2.05, 4.69) is 23.8 Å². The average molecular weight is 306 g/mol. The monoisotopic (exact) mass is 305 g/mol. The van der Waals surface area contributed by atoms with Gasteiger partial charge in [0.05, 0.1) is 0 Å². The zero-order chi connectivity index (χ0) is 15.5. The van der Waals surface area contributed by atoms with Crippen molar-refractivity contribution >= 4 is 24.2 Å². The van der Waals surface area contributed by atoms with Gasteiger partial charge in [0.25, 0.3) is 0 Å². The lowest BCUT2D eigenvalue weighted by molar-refractivity contribution is -0.118. The second kappa shape index (κ2) is 12.7. The molecule has 0 heterocycles. The smallest absolute Gasteiger partial charge is 0.246 e. The van der Waals surface area contributed by atoms with E-state index < -0.39 is 0 Å². The summed E-state index contributed by atoms with van der Waals surface area (Å²) in [7, 11) is 0. The van der Waals surface area contributed by atoms with Gasteiger partial charge in [0.1, 0.15) is 0 Å². The van der Waals surface area contributed by atoms with Gasteiger partial charge in [-0.1, -0.05) is 13.2 Å². The maximum atomic E-state index is 10.8. The summed E-state index contributed by atoms with van der Waals surface area (Å²) in [4.78, 5) is 21.4. The summed E-state index contributed by atoms with van der Waals surface area (Å²) >= 11 is 0. The lowest BCUT2D eigenvalue weighted by Gasteiger charge is -2.18. The van der Waals surface area contributed by atoms with Crippen LogP contribution < -0.4 is 16.4 Å². The van der Waals surface area contributed by atoms with Gasteiger partial charge in [-0.15, -0.1) is 12.4 Å². The number of carbonyl (C=O) groups is 2. The van der Waals surface area contributed by atoms with E-state index in [1.807, 2.05) is 20.8 Å². The van der Waals surface area contributed by atoms with E-state index in [9.17, 15) is 9.59 Å². The lowest BCUT2D eigenvalue weighted by atomic mass is 10.1. The number of amides is 2. The number of nitrogens with one attached hydrogen (secondary N) is 2. The second-order valence-electron chi connectivity index (χ2n) is 5.12. The predicted octanol–water partition coefficient (Wildman–Crippen LogP) is 1.54. The van der Waals surface area contributed by atoms with E-state index in [-0.39, 0.29) is 29.8 Å². The molecule has 0 aromatic heterocycles. The van der Waals surface area contributed by atoms with Gasteiger partial charge in [-0.25, -0.2) is 0 Å². The van der Waals surface area contributed by atoms with Crippen molar-refractivity contribution in [1.29, 1.82) is 0 Å². The van der Waals surface area contributed by atoms with Crippen molar-refractivity contribution in [2.45, 2.75) is 39.7 Å². The molecule has 0 aliphatic carbocycles. The highest BCUT2D eigenvalue weighted by Crippen LogP contribution is 1.97. The Morgan fingerprint density at radius 3 is 2.05 bits per heavy atom. The van der Waals surface area contributed by atoms with Gasteiger partial charge >= 0.3 is 0 Å². The van der Waals surface area contributed by atoms with Crippen LogP contribution >= 0.6 is 12.4 Å². The van der Waals surface area contributed by atoms with Gasteiger partial charge in [0.15, 0.2) is 0 Å². The SMILES string of the molecule is C=C(C)C(=O)NCCCN.C=CC(=O)NC(C)(C)C.Cl. The third-order valence-electron chi connectivity index (χ3n) is 1.74. The third-order valence-corrected chi connectivity index (χ3v) is 1.74. The Morgan fingerprint density at radius 2 is 1.80 bits per heavy atom. The van der Waals surface area contributed by atoms with Crippen molar-refractivity contribution in [3.63, 3.8) is 0 Å². The molecule has 0 aromatic carbocycles. The molecular weight excluding hydrogens is 278 g/mol. The summed E-state index contributed by atoms with van der Waals surface area (Å²) in [6.07, 6.45) is 2.09. The minimum atomic E-state index is -0.148. The van der Waals surface area contributed by atoms with Gasteiger partial charge < -0.3 is 16.4 Å². The van der Waals surface area contributed by atoms with Crippen molar-refractivity contribution in [2.75, 3.05) is 13.1 Å². The van der Waals surface area contributed by atoms with Crippen molar-refractivity contribution in [3.8, 4) is 0 Å². The summed E-state index contributed by atoms with van der Waals surface area (Å²) < 4.78 is 0. The van der Waals surface area contributed by atoms with Crippen LogP contribution in [0.3, 0.4) is 0 Å². The predicted molar refractivity (Wildman–Crippen MR) is 86.8 cm³/mol. The van der Waals surface area contributed by atoms with Crippen molar-refractivity contribution in [3.05, 3.63) is 24.8 Å². The molecule has 0 aliphatic heterocycles. The van der Waals surface area contributed by atoms with Crippen LogP contribution in [0.1, 0.15) is 34.1 Å². The molecule has 2 amide bonds. The molecule has 4 N–H and O–H groups in total. The molecule has 0 radical (unpaired) electrons. The maximum absolute atomic E-state index is 10.8. The molecule has 0 rings (SSSR count).